The predicted molar refractivity (Wildman–Crippen MR) is 161 cm³/mol. The Hall–Kier alpha value is -4.78. The molecule has 0 aliphatic carbocycles. The molecule has 0 saturated carbocycles. The number of pyridine rings is 1. The first kappa shape index (κ1) is 30.7. The number of rotatable bonds is 11. The summed E-state index contributed by atoms with van der Waals surface area (Å²) in [5.74, 6) is -2.37. The first-order valence-corrected chi connectivity index (χ1v) is 14.8. The number of amides is 2. The van der Waals surface area contributed by atoms with Gasteiger partial charge in [-0.3, -0.25) is 19.3 Å². The second-order valence-electron chi connectivity index (χ2n) is 10.8. The maximum Gasteiger partial charge on any atom is 0.261 e. The van der Waals surface area contributed by atoms with E-state index in [1.54, 1.807) is 29.9 Å². The van der Waals surface area contributed by atoms with Gasteiger partial charge in [0.2, 0.25) is 11.8 Å². The zero-order valence-electron chi connectivity index (χ0n) is 24.6. The summed E-state index contributed by atoms with van der Waals surface area (Å²) in [6, 6.07) is 6.81. The Morgan fingerprint density at radius 2 is 1.84 bits per heavy atom. The fraction of sp³-hybridized carbons (Fsp3) is 0.290. The SMILES string of the molecule is Cc1nnc(-c2c(CCc3cnn(C)c3)nc(CC(C)C)c(C(N)=O)c2-c2ccc(C(=O)NCc3ccc(F)c(F)c3)s2)o1. The van der Waals surface area contributed by atoms with Crippen LogP contribution in [0.5, 0.6) is 0 Å². The Labute approximate surface area is 256 Å². The number of aromatic nitrogens is 5. The van der Waals surface area contributed by atoms with E-state index < -0.39 is 23.4 Å². The quantitative estimate of drug-likeness (QED) is 0.207. The number of hydrogen-bond donors (Lipinski definition) is 2. The molecule has 0 aliphatic rings. The molecule has 0 aliphatic heterocycles. The summed E-state index contributed by atoms with van der Waals surface area (Å²) in [6.45, 7) is 5.71. The van der Waals surface area contributed by atoms with Crippen molar-refractivity contribution in [1.29, 1.82) is 0 Å². The molecule has 5 rings (SSSR count). The van der Waals surface area contributed by atoms with Crippen LogP contribution in [0.2, 0.25) is 0 Å². The zero-order valence-corrected chi connectivity index (χ0v) is 25.5. The van der Waals surface area contributed by atoms with Crippen molar-refractivity contribution in [3.8, 4) is 21.9 Å². The van der Waals surface area contributed by atoms with Crippen molar-refractivity contribution in [2.24, 2.45) is 18.7 Å². The molecule has 0 unspecified atom stereocenters. The molecule has 2 amide bonds. The van der Waals surface area contributed by atoms with Crippen LogP contribution in [0.1, 0.15) is 62.3 Å². The molecule has 44 heavy (non-hydrogen) atoms. The molecule has 0 spiro atoms. The number of hydrogen-bond acceptors (Lipinski definition) is 8. The molecular weight excluding hydrogens is 588 g/mol. The van der Waals surface area contributed by atoms with Gasteiger partial charge in [0.1, 0.15) is 0 Å². The van der Waals surface area contributed by atoms with Gasteiger partial charge in [-0.2, -0.15) is 5.10 Å². The van der Waals surface area contributed by atoms with Crippen LogP contribution < -0.4 is 11.1 Å². The van der Waals surface area contributed by atoms with Crippen LogP contribution in [0, 0.1) is 24.5 Å². The molecule has 4 aromatic heterocycles. The number of nitrogens with zero attached hydrogens (tertiary/aromatic N) is 5. The highest BCUT2D eigenvalue weighted by atomic mass is 32.1. The Morgan fingerprint density at radius 3 is 2.48 bits per heavy atom. The molecular formula is C31H31F2N7O3S. The number of aryl methyl sites for hydroxylation is 4. The number of halogens is 2. The third kappa shape index (κ3) is 6.72. The van der Waals surface area contributed by atoms with E-state index in [4.69, 9.17) is 15.1 Å². The number of benzene rings is 1. The number of nitrogens with one attached hydrogen (secondary N) is 1. The minimum Gasteiger partial charge on any atom is -0.421 e. The maximum absolute atomic E-state index is 13.6. The molecule has 0 atom stereocenters. The van der Waals surface area contributed by atoms with Gasteiger partial charge in [0.05, 0.1) is 33.6 Å². The standard InChI is InChI=1S/C31H31F2N7O3S/c1-16(2)11-23-26(29(34)41)28(24-9-10-25(44-24)30(42)35-13-18-5-7-20(32)21(33)12-18)27(31-39-38-17(3)43-31)22(37-23)8-6-19-14-36-40(4)15-19/h5,7,9-10,12,14-16H,6,8,11,13H2,1-4H3,(H2,34,41)(H,35,42). The Balaban J connectivity index is 1.60. The lowest BCUT2D eigenvalue weighted by Crippen LogP contribution is -2.21. The lowest BCUT2D eigenvalue weighted by atomic mass is 9.91. The van der Waals surface area contributed by atoms with Crippen LogP contribution in [0.15, 0.2) is 47.1 Å². The van der Waals surface area contributed by atoms with Crippen molar-refractivity contribution >= 4 is 23.2 Å². The summed E-state index contributed by atoms with van der Waals surface area (Å²) < 4.78 is 34.6. The molecule has 0 saturated heterocycles. The Kier molecular flexibility index (Phi) is 8.95. The molecule has 0 radical (unpaired) electrons. The summed E-state index contributed by atoms with van der Waals surface area (Å²) >= 11 is 1.15. The first-order chi connectivity index (χ1) is 21.0. The van der Waals surface area contributed by atoms with E-state index in [-0.39, 0.29) is 23.9 Å². The van der Waals surface area contributed by atoms with Crippen LogP contribution in [0.4, 0.5) is 8.78 Å². The second-order valence-corrected chi connectivity index (χ2v) is 11.9. The summed E-state index contributed by atoms with van der Waals surface area (Å²) in [7, 11) is 1.84. The van der Waals surface area contributed by atoms with Gasteiger partial charge >= 0.3 is 0 Å². The number of thiophene rings is 1. The van der Waals surface area contributed by atoms with Gasteiger partial charge in [0, 0.05) is 37.2 Å². The highest BCUT2D eigenvalue weighted by molar-refractivity contribution is 7.17. The fourth-order valence-corrected chi connectivity index (χ4v) is 5.90. The highest BCUT2D eigenvalue weighted by Crippen LogP contribution is 2.41. The van der Waals surface area contributed by atoms with Crippen molar-refractivity contribution in [1.82, 2.24) is 30.3 Å². The maximum atomic E-state index is 13.6. The number of carbonyl (C=O) groups excluding carboxylic acids is 2. The molecule has 13 heteroatoms. The van der Waals surface area contributed by atoms with Crippen LogP contribution in [-0.2, 0) is 32.9 Å². The van der Waals surface area contributed by atoms with Crippen LogP contribution in [-0.4, -0.2) is 36.8 Å². The summed E-state index contributed by atoms with van der Waals surface area (Å²) in [4.78, 5) is 32.1. The molecule has 0 fully saturated rings. The number of nitrogens with two attached hydrogens (primary N) is 1. The van der Waals surface area contributed by atoms with Gasteiger partial charge in [0.15, 0.2) is 11.6 Å². The van der Waals surface area contributed by atoms with Crippen LogP contribution in [0.25, 0.3) is 21.9 Å². The minimum atomic E-state index is -0.993. The molecule has 4 heterocycles. The van der Waals surface area contributed by atoms with Crippen LogP contribution >= 0.6 is 11.3 Å². The van der Waals surface area contributed by atoms with E-state index in [1.165, 1.54) is 6.07 Å². The molecule has 0 bridgehead atoms. The van der Waals surface area contributed by atoms with Gasteiger partial charge in [0.25, 0.3) is 11.8 Å². The Morgan fingerprint density at radius 1 is 1.05 bits per heavy atom. The van der Waals surface area contributed by atoms with Gasteiger partial charge < -0.3 is 15.5 Å². The first-order valence-electron chi connectivity index (χ1n) is 14.0. The highest BCUT2D eigenvalue weighted by Gasteiger charge is 2.29. The monoisotopic (exact) mass is 619 g/mol. The van der Waals surface area contributed by atoms with Gasteiger partial charge in [-0.25, -0.2) is 8.78 Å². The molecule has 1 aromatic carbocycles. The smallest absolute Gasteiger partial charge is 0.261 e. The molecule has 10 nitrogen and oxygen atoms in total. The number of primary amides is 1. The van der Waals surface area contributed by atoms with Crippen LogP contribution in [0.3, 0.4) is 0 Å². The lowest BCUT2D eigenvalue weighted by Gasteiger charge is -2.19. The average molecular weight is 620 g/mol. The zero-order chi connectivity index (χ0) is 31.5. The summed E-state index contributed by atoms with van der Waals surface area (Å²) in [5.41, 5.74) is 9.78. The Bertz CT molecular complexity index is 1840. The van der Waals surface area contributed by atoms with E-state index in [0.717, 1.165) is 29.0 Å². The van der Waals surface area contributed by atoms with E-state index in [9.17, 15) is 18.4 Å². The molecule has 228 valence electrons. The topological polar surface area (TPSA) is 142 Å². The predicted octanol–water partition coefficient (Wildman–Crippen LogP) is 5.19. The molecule has 3 N–H and O–H groups in total. The summed E-state index contributed by atoms with van der Waals surface area (Å²) in [6.07, 6.45) is 5.29. The third-order valence-corrected chi connectivity index (χ3v) is 7.96. The van der Waals surface area contributed by atoms with E-state index >= 15 is 0 Å². The lowest BCUT2D eigenvalue weighted by molar-refractivity contribution is 0.0953. The van der Waals surface area contributed by atoms with Gasteiger partial charge in [-0.15, -0.1) is 21.5 Å². The minimum absolute atomic E-state index is 0.00536. The van der Waals surface area contributed by atoms with E-state index in [2.05, 4.69) is 20.6 Å². The third-order valence-electron chi connectivity index (χ3n) is 6.86. The van der Waals surface area contributed by atoms with Crippen molar-refractivity contribution in [3.63, 3.8) is 0 Å². The van der Waals surface area contributed by atoms with Gasteiger partial charge in [-0.05, 0) is 60.6 Å². The average Bonchev–Trinajstić information content (AvgIpc) is 3.73. The van der Waals surface area contributed by atoms with Crippen molar-refractivity contribution in [3.05, 3.63) is 93.2 Å². The van der Waals surface area contributed by atoms with E-state index in [1.807, 2.05) is 27.1 Å². The van der Waals surface area contributed by atoms with Crippen molar-refractivity contribution in [2.45, 2.75) is 46.6 Å². The normalized spacial score (nSPS) is 11.3. The van der Waals surface area contributed by atoms with Crippen molar-refractivity contribution in [2.75, 3.05) is 0 Å². The fourth-order valence-electron chi connectivity index (χ4n) is 4.92. The second kappa shape index (κ2) is 12.8. The largest absolute Gasteiger partial charge is 0.421 e. The number of carbonyl (C=O) groups is 2. The molecule has 5 aromatic rings. The van der Waals surface area contributed by atoms with E-state index in [0.29, 0.717) is 63.0 Å². The van der Waals surface area contributed by atoms with Crippen molar-refractivity contribution < 1.29 is 22.8 Å². The van der Waals surface area contributed by atoms with Gasteiger partial charge in [-0.1, -0.05) is 19.9 Å². The summed E-state index contributed by atoms with van der Waals surface area (Å²) in [5, 5.41) is 15.3.